The Hall–Kier alpha value is -1.97. The van der Waals surface area contributed by atoms with Gasteiger partial charge in [0.05, 0.1) is 14.2 Å². The van der Waals surface area contributed by atoms with E-state index >= 15 is 0 Å². The maximum atomic E-state index is 12.1. The summed E-state index contributed by atoms with van der Waals surface area (Å²) in [7, 11) is 3.27. The van der Waals surface area contributed by atoms with Gasteiger partial charge in [0.1, 0.15) is 0 Å². The van der Waals surface area contributed by atoms with Gasteiger partial charge in [0.25, 0.3) is 0 Å². The Morgan fingerprint density at radius 1 is 1.04 bits per heavy atom. The molecular weight excluding hydrogens is 314 g/mol. The van der Waals surface area contributed by atoms with Gasteiger partial charge in [0, 0.05) is 24.7 Å². The van der Waals surface area contributed by atoms with Crippen molar-refractivity contribution in [2.75, 3.05) is 20.8 Å². The highest BCUT2D eigenvalue weighted by Gasteiger charge is 2.23. The minimum Gasteiger partial charge on any atom is -0.493 e. The van der Waals surface area contributed by atoms with Crippen LogP contribution in [0.5, 0.6) is 11.5 Å². The lowest BCUT2D eigenvalue weighted by atomic mass is 9.85. The van der Waals surface area contributed by atoms with E-state index in [1.54, 1.807) is 20.3 Å². The molecule has 0 saturated carbocycles. The number of benzene rings is 1. The first-order valence-corrected chi connectivity index (χ1v) is 9.37. The van der Waals surface area contributed by atoms with Gasteiger partial charge in [-0.1, -0.05) is 38.7 Å². The van der Waals surface area contributed by atoms with Gasteiger partial charge >= 0.3 is 0 Å². The third kappa shape index (κ3) is 5.80. The number of carbonyl (C=O) groups is 1. The van der Waals surface area contributed by atoms with Gasteiger partial charge in [-0.3, -0.25) is 4.79 Å². The second kappa shape index (κ2) is 10.1. The fourth-order valence-electron chi connectivity index (χ4n) is 3.34. The number of ether oxygens (including phenoxy) is 2. The second-order valence-corrected chi connectivity index (χ2v) is 6.70. The highest BCUT2D eigenvalue weighted by atomic mass is 16.5. The highest BCUT2D eigenvalue weighted by Crippen LogP contribution is 2.36. The average Bonchev–Trinajstić information content (AvgIpc) is 2.63. The van der Waals surface area contributed by atoms with E-state index in [1.165, 1.54) is 25.7 Å². The third-order valence-electron chi connectivity index (χ3n) is 4.76. The minimum absolute atomic E-state index is 0.194. The van der Waals surface area contributed by atoms with Crippen molar-refractivity contribution in [1.29, 1.82) is 0 Å². The summed E-state index contributed by atoms with van der Waals surface area (Å²) in [5, 5.41) is 3.46. The maximum absolute atomic E-state index is 12.1. The summed E-state index contributed by atoms with van der Waals surface area (Å²) in [6, 6.07) is 5.94. The van der Waals surface area contributed by atoms with Crippen LogP contribution in [0.2, 0.25) is 0 Å². The molecule has 0 bridgehead atoms. The number of unbranched alkanes of at least 4 members (excludes halogenated alkanes) is 4. The zero-order chi connectivity index (χ0) is 18.1. The Morgan fingerprint density at radius 2 is 1.80 bits per heavy atom. The largest absolute Gasteiger partial charge is 0.493 e. The Morgan fingerprint density at radius 3 is 2.52 bits per heavy atom. The Kier molecular flexibility index (Phi) is 7.83. The van der Waals surface area contributed by atoms with E-state index in [0.717, 1.165) is 30.6 Å². The normalized spacial score (nSPS) is 17.2. The van der Waals surface area contributed by atoms with Crippen molar-refractivity contribution in [2.24, 2.45) is 0 Å². The zero-order valence-corrected chi connectivity index (χ0v) is 15.8. The molecule has 0 spiro atoms. The van der Waals surface area contributed by atoms with Gasteiger partial charge < -0.3 is 14.8 Å². The molecule has 1 aliphatic carbocycles. The quantitative estimate of drug-likeness (QED) is 0.630. The van der Waals surface area contributed by atoms with Crippen molar-refractivity contribution in [3.05, 3.63) is 35.5 Å². The molecule has 0 amide bonds. The third-order valence-corrected chi connectivity index (χ3v) is 4.76. The average molecular weight is 345 g/mol. The van der Waals surface area contributed by atoms with Gasteiger partial charge in [0.15, 0.2) is 17.3 Å². The van der Waals surface area contributed by atoms with Crippen LogP contribution in [-0.4, -0.2) is 26.5 Å². The number of carbonyl (C=O) groups excluding carboxylic acids is 1. The molecule has 1 aromatic rings. The van der Waals surface area contributed by atoms with Crippen molar-refractivity contribution in [2.45, 2.75) is 57.8 Å². The molecule has 1 aliphatic rings. The van der Waals surface area contributed by atoms with E-state index in [-0.39, 0.29) is 11.7 Å². The smallest absolute Gasteiger partial charge is 0.160 e. The van der Waals surface area contributed by atoms with Gasteiger partial charge in [-0.05, 0) is 36.5 Å². The van der Waals surface area contributed by atoms with Crippen LogP contribution in [0.25, 0.3) is 0 Å². The summed E-state index contributed by atoms with van der Waals surface area (Å²) >= 11 is 0. The van der Waals surface area contributed by atoms with Crippen LogP contribution < -0.4 is 14.8 Å². The highest BCUT2D eigenvalue weighted by molar-refractivity contribution is 5.92. The lowest BCUT2D eigenvalue weighted by Gasteiger charge is -2.24. The summed E-state index contributed by atoms with van der Waals surface area (Å²) in [6.45, 7) is 3.17. The van der Waals surface area contributed by atoms with Crippen LogP contribution in [0.4, 0.5) is 0 Å². The number of methoxy groups -OCH3 is 2. The number of hydrogen-bond acceptors (Lipinski definition) is 4. The topological polar surface area (TPSA) is 47.6 Å². The fourth-order valence-corrected chi connectivity index (χ4v) is 3.34. The van der Waals surface area contributed by atoms with Crippen molar-refractivity contribution in [1.82, 2.24) is 5.32 Å². The fraction of sp³-hybridized carbons (Fsp3) is 0.571. The van der Waals surface area contributed by atoms with Crippen LogP contribution in [0.3, 0.4) is 0 Å². The second-order valence-electron chi connectivity index (χ2n) is 6.70. The van der Waals surface area contributed by atoms with E-state index in [0.29, 0.717) is 17.9 Å². The van der Waals surface area contributed by atoms with Gasteiger partial charge in [0.2, 0.25) is 0 Å². The lowest BCUT2D eigenvalue weighted by molar-refractivity contribution is -0.115. The SMILES string of the molecule is CCCCCCCNC1=CC(=O)CC(c2ccc(OC)c(OC)c2)C1. The molecule has 0 heterocycles. The van der Waals surface area contributed by atoms with E-state index in [4.69, 9.17) is 9.47 Å². The van der Waals surface area contributed by atoms with E-state index in [9.17, 15) is 4.79 Å². The monoisotopic (exact) mass is 345 g/mol. The Bertz CT molecular complexity index is 595. The molecule has 0 aromatic heterocycles. The van der Waals surface area contributed by atoms with Crippen LogP contribution in [-0.2, 0) is 4.79 Å². The van der Waals surface area contributed by atoms with E-state index < -0.39 is 0 Å². The molecule has 0 fully saturated rings. The molecule has 4 nitrogen and oxygen atoms in total. The number of allylic oxidation sites excluding steroid dienone is 2. The number of nitrogens with one attached hydrogen (secondary N) is 1. The number of rotatable bonds is 10. The molecule has 2 rings (SSSR count). The number of hydrogen-bond donors (Lipinski definition) is 1. The molecule has 1 unspecified atom stereocenters. The molecule has 138 valence electrons. The summed E-state index contributed by atoms with van der Waals surface area (Å²) in [5.41, 5.74) is 2.19. The molecule has 25 heavy (non-hydrogen) atoms. The molecule has 1 N–H and O–H groups in total. The first-order valence-electron chi connectivity index (χ1n) is 9.37. The molecule has 0 radical (unpaired) electrons. The van der Waals surface area contributed by atoms with Gasteiger partial charge in [-0.15, -0.1) is 0 Å². The first-order chi connectivity index (χ1) is 12.2. The van der Waals surface area contributed by atoms with Crippen LogP contribution in [0, 0.1) is 0 Å². The summed E-state index contributed by atoms with van der Waals surface area (Å²) in [4.78, 5) is 12.1. The van der Waals surface area contributed by atoms with Gasteiger partial charge in [-0.2, -0.15) is 0 Å². The first kappa shape index (κ1) is 19.4. The summed E-state index contributed by atoms with van der Waals surface area (Å²) in [6.07, 6.45) is 9.48. The lowest BCUT2D eigenvalue weighted by Crippen LogP contribution is -2.23. The minimum atomic E-state index is 0.194. The van der Waals surface area contributed by atoms with Crippen LogP contribution >= 0.6 is 0 Å². The molecule has 1 atom stereocenters. The zero-order valence-electron chi connectivity index (χ0n) is 15.8. The predicted molar refractivity (Wildman–Crippen MR) is 101 cm³/mol. The summed E-state index contributed by atoms with van der Waals surface area (Å²) in [5.74, 6) is 1.82. The van der Waals surface area contributed by atoms with Crippen LogP contribution in [0.15, 0.2) is 30.0 Å². The molecule has 0 saturated heterocycles. The van der Waals surface area contributed by atoms with Crippen molar-refractivity contribution in [3.8, 4) is 11.5 Å². The molecular formula is C21H31NO3. The standard InChI is InChI=1S/C21H31NO3/c1-4-5-6-7-8-11-22-18-12-17(13-19(23)15-18)16-9-10-20(24-2)21(14-16)25-3/h9-10,14-15,17,22H,4-8,11-13H2,1-3H3. The van der Waals surface area contributed by atoms with E-state index in [2.05, 4.69) is 12.2 Å². The molecule has 1 aromatic carbocycles. The summed E-state index contributed by atoms with van der Waals surface area (Å²) < 4.78 is 10.7. The van der Waals surface area contributed by atoms with Crippen molar-refractivity contribution < 1.29 is 14.3 Å². The Labute approximate surface area is 151 Å². The maximum Gasteiger partial charge on any atom is 0.160 e. The molecule has 0 aliphatic heterocycles. The molecule has 4 heteroatoms. The van der Waals surface area contributed by atoms with Crippen molar-refractivity contribution >= 4 is 5.78 Å². The van der Waals surface area contributed by atoms with Crippen molar-refractivity contribution in [3.63, 3.8) is 0 Å². The van der Waals surface area contributed by atoms with Gasteiger partial charge in [-0.25, -0.2) is 0 Å². The van der Waals surface area contributed by atoms with E-state index in [1.807, 2.05) is 18.2 Å². The Balaban J connectivity index is 1.93. The predicted octanol–water partition coefficient (Wildman–Crippen LogP) is 4.59. The number of ketones is 1. The van der Waals surface area contributed by atoms with Crippen LogP contribution in [0.1, 0.15) is 63.4 Å².